The van der Waals surface area contributed by atoms with Crippen molar-refractivity contribution in [1.82, 2.24) is 5.32 Å². The summed E-state index contributed by atoms with van der Waals surface area (Å²) in [5.74, 6) is -0.360. The maximum Gasteiger partial charge on any atom is 0.305 e. The van der Waals surface area contributed by atoms with Crippen molar-refractivity contribution >= 4 is 11.9 Å². The second kappa shape index (κ2) is 5.73. The molecule has 0 aromatic heterocycles. The summed E-state index contributed by atoms with van der Waals surface area (Å²) in [5, 5.41) is 11.2. The first kappa shape index (κ1) is 12.0. The van der Waals surface area contributed by atoms with Crippen LogP contribution in [0.25, 0.3) is 0 Å². The molecule has 0 spiro atoms. The highest BCUT2D eigenvalue weighted by molar-refractivity contribution is 5.77. The predicted molar refractivity (Wildman–Crippen MR) is 56.4 cm³/mol. The van der Waals surface area contributed by atoms with Crippen LogP contribution in [0, 0.1) is 5.92 Å². The average Bonchev–Trinajstić information content (AvgIpc) is 2.53. The van der Waals surface area contributed by atoms with Crippen molar-refractivity contribution in [2.45, 2.75) is 51.5 Å². The van der Waals surface area contributed by atoms with Gasteiger partial charge in [-0.15, -0.1) is 0 Å². The van der Waals surface area contributed by atoms with Gasteiger partial charge in [0.1, 0.15) is 0 Å². The zero-order valence-corrected chi connectivity index (χ0v) is 9.16. The molecule has 0 unspecified atom stereocenters. The van der Waals surface area contributed by atoms with Gasteiger partial charge in [0.25, 0.3) is 0 Å². The molecule has 15 heavy (non-hydrogen) atoms. The second-order valence-electron chi connectivity index (χ2n) is 4.42. The van der Waals surface area contributed by atoms with Crippen LogP contribution in [0.5, 0.6) is 0 Å². The summed E-state index contributed by atoms with van der Waals surface area (Å²) in [4.78, 5) is 21.9. The van der Waals surface area contributed by atoms with E-state index in [0.29, 0.717) is 12.3 Å². The number of nitrogens with one attached hydrogen (secondary N) is 1. The van der Waals surface area contributed by atoms with E-state index in [1.807, 2.05) is 0 Å². The molecule has 0 heterocycles. The van der Waals surface area contributed by atoms with Crippen LogP contribution in [0.1, 0.15) is 45.4 Å². The van der Waals surface area contributed by atoms with Gasteiger partial charge < -0.3 is 10.4 Å². The van der Waals surface area contributed by atoms with Gasteiger partial charge in [0, 0.05) is 12.5 Å². The first-order valence-corrected chi connectivity index (χ1v) is 5.59. The van der Waals surface area contributed by atoms with Crippen LogP contribution in [-0.2, 0) is 9.59 Å². The molecule has 0 aromatic rings. The molecule has 86 valence electrons. The zero-order valence-electron chi connectivity index (χ0n) is 9.16. The molecule has 0 bridgehead atoms. The SMILES string of the molecule is C[C@@H](CC(=O)O)NC(=O)CC1CCCC1. The highest BCUT2D eigenvalue weighted by Crippen LogP contribution is 2.27. The number of carboxylic acid groups (broad SMARTS) is 1. The van der Waals surface area contributed by atoms with Gasteiger partial charge in [-0.25, -0.2) is 0 Å². The fraction of sp³-hybridized carbons (Fsp3) is 0.818. The summed E-state index contributed by atoms with van der Waals surface area (Å²) in [5.41, 5.74) is 0. The van der Waals surface area contributed by atoms with E-state index in [1.165, 1.54) is 12.8 Å². The van der Waals surface area contributed by atoms with Crippen LogP contribution in [0.4, 0.5) is 0 Å². The molecule has 1 fully saturated rings. The quantitative estimate of drug-likeness (QED) is 0.728. The fourth-order valence-electron chi connectivity index (χ4n) is 2.12. The van der Waals surface area contributed by atoms with Gasteiger partial charge in [-0.2, -0.15) is 0 Å². The van der Waals surface area contributed by atoms with Gasteiger partial charge in [-0.05, 0) is 25.7 Å². The van der Waals surface area contributed by atoms with Crippen LogP contribution >= 0.6 is 0 Å². The molecule has 1 saturated carbocycles. The van der Waals surface area contributed by atoms with Crippen LogP contribution in [0.3, 0.4) is 0 Å². The third-order valence-corrected chi connectivity index (χ3v) is 2.84. The summed E-state index contributed by atoms with van der Waals surface area (Å²) >= 11 is 0. The fourth-order valence-corrected chi connectivity index (χ4v) is 2.12. The van der Waals surface area contributed by atoms with E-state index in [2.05, 4.69) is 5.32 Å². The standard InChI is InChI=1S/C11H19NO3/c1-8(6-11(14)15)12-10(13)7-9-4-2-3-5-9/h8-9H,2-7H2,1H3,(H,12,13)(H,14,15)/t8-/m0/s1. The molecule has 4 nitrogen and oxygen atoms in total. The van der Waals surface area contributed by atoms with Crippen molar-refractivity contribution in [3.63, 3.8) is 0 Å². The number of carbonyl (C=O) groups is 2. The van der Waals surface area contributed by atoms with E-state index >= 15 is 0 Å². The van der Waals surface area contributed by atoms with Gasteiger partial charge >= 0.3 is 5.97 Å². The van der Waals surface area contributed by atoms with Crippen LogP contribution in [-0.4, -0.2) is 23.0 Å². The van der Waals surface area contributed by atoms with Gasteiger partial charge in [0.05, 0.1) is 6.42 Å². The van der Waals surface area contributed by atoms with Gasteiger partial charge in [0.2, 0.25) is 5.91 Å². The Bertz CT molecular complexity index is 234. The van der Waals surface area contributed by atoms with Crippen LogP contribution in [0.2, 0.25) is 0 Å². The minimum Gasteiger partial charge on any atom is -0.481 e. The molecule has 0 aromatic carbocycles. The third kappa shape index (κ3) is 4.81. The molecule has 0 radical (unpaired) electrons. The lowest BCUT2D eigenvalue weighted by atomic mass is 10.0. The van der Waals surface area contributed by atoms with Gasteiger partial charge in [-0.3, -0.25) is 9.59 Å². The maximum absolute atomic E-state index is 11.5. The zero-order chi connectivity index (χ0) is 11.3. The minimum atomic E-state index is -0.872. The van der Waals surface area contributed by atoms with Crippen LogP contribution < -0.4 is 5.32 Å². The normalized spacial score (nSPS) is 18.7. The summed E-state index contributed by atoms with van der Waals surface area (Å²) in [6.07, 6.45) is 5.28. The Morgan fingerprint density at radius 1 is 1.40 bits per heavy atom. The molecule has 1 aliphatic rings. The van der Waals surface area contributed by atoms with Crippen molar-refractivity contribution in [3.05, 3.63) is 0 Å². The van der Waals surface area contributed by atoms with Crippen molar-refractivity contribution in [2.75, 3.05) is 0 Å². The predicted octanol–water partition coefficient (Wildman–Crippen LogP) is 1.55. The van der Waals surface area contributed by atoms with E-state index in [4.69, 9.17) is 5.11 Å². The number of carbonyl (C=O) groups excluding carboxylic acids is 1. The number of hydrogen-bond donors (Lipinski definition) is 2. The smallest absolute Gasteiger partial charge is 0.305 e. The van der Waals surface area contributed by atoms with E-state index in [9.17, 15) is 9.59 Å². The summed E-state index contributed by atoms with van der Waals surface area (Å²) in [6, 6.07) is -0.267. The largest absolute Gasteiger partial charge is 0.481 e. The molecule has 0 aliphatic heterocycles. The van der Waals surface area contributed by atoms with E-state index < -0.39 is 5.97 Å². The lowest BCUT2D eigenvalue weighted by Gasteiger charge is -2.13. The maximum atomic E-state index is 11.5. The number of amides is 1. The van der Waals surface area contributed by atoms with Crippen LogP contribution in [0.15, 0.2) is 0 Å². The van der Waals surface area contributed by atoms with Crippen molar-refractivity contribution < 1.29 is 14.7 Å². The summed E-state index contributed by atoms with van der Waals surface area (Å²) in [6.45, 7) is 1.72. The number of rotatable bonds is 5. The first-order valence-electron chi connectivity index (χ1n) is 5.59. The topological polar surface area (TPSA) is 66.4 Å². The van der Waals surface area contributed by atoms with Gasteiger partial charge in [-0.1, -0.05) is 12.8 Å². The number of carboxylic acids is 1. The summed E-state index contributed by atoms with van der Waals surface area (Å²) < 4.78 is 0. The first-order chi connectivity index (χ1) is 7.08. The second-order valence-corrected chi connectivity index (χ2v) is 4.42. The van der Waals surface area contributed by atoms with E-state index in [0.717, 1.165) is 12.8 Å². The monoisotopic (exact) mass is 213 g/mol. The van der Waals surface area contributed by atoms with Gasteiger partial charge in [0.15, 0.2) is 0 Å². The molecule has 1 amide bonds. The third-order valence-electron chi connectivity index (χ3n) is 2.84. The van der Waals surface area contributed by atoms with Crippen molar-refractivity contribution in [2.24, 2.45) is 5.92 Å². The molecule has 1 atom stereocenters. The Balaban J connectivity index is 2.19. The van der Waals surface area contributed by atoms with Crippen molar-refractivity contribution in [1.29, 1.82) is 0 Å². The number of aliphatic carboxylic acids is 1. The molecule has 1 rings (SSSR count). The molecular formula is C11H19NO3. The molecular weight excluding hydrogens is 194 g/mol. The highest BCUT2D eigenvalue weighted by Gasteiger charge is 2.19. The summed E-state index contributed by atoms with van der Waals surface area (Å²) in [7, 11) is 0. The van der Waals surface area contributed by atoms with E-state index in [1.54, 1.807) is 6.92 Å². The lowest BCUT2D eigenvalue weighted by molar-refractivity contribution is -0.137. The molecule has 2 N–H and O–H groups in total. The minimum absolute atomic E-state index is 0.00356. The Labute approximate surface area is 90.0 Å². The Morgan fingerprint density at radius 3 is 2.53 bits per heavy atom. The lowest BCUT2D eigenvalue weighted by Crippen LogP contribution is -2.34. The molecule has 1 aliphatic carbocycles. The van der Waals surface area contributed by atoms with E-state index in [-0.39, 0.29) is 18.4 Å². The molecule has 0 saturated heterocycles. The Hall–Kier alpha value is -1.06. The number of hydrogen-bond acceptors (Lipinski definition) is 2. The highest BCUT2D eigenvalue weighted by atomic mass is 16.4. The average molecular weight is 213 g/mol. The Kier molecular flexibility index (Phi) is 4.59. The Morgan fingerprint density at radius 2 is 2.00 bits per heavy atom. The molecule has 4 heteroatoms. The van der Waals surface area contributed by atoms with Crippen molar-refractivity contribution in [3.8, 4) is 0 Å².